The van der Waals surface area contributed by atoms with Crippen molar-refractivity contribution in [3.05, 3.63) is 70.5 Å². The molecule has 0 spiro atoms. The Morgan fingerprint density at radius 2 is 1.83 bits per heavy atom. The van der Waals surface area contributed by atoms with Gasteiger partial charge in [0, 0.05) is 22.8 Å². The summed E-state index contributed by atoms with van der Waals surface area (Å²) in [5, 5.41) is 0.606. The second-order valence-corrected chi connectivity index (χ2v) is 7.00. The van der Waals surface area contributed by atoms with Gasteiger partial charge in [-0.1, -0.05) is 12.1 Å². The number of nitrogens with one attached hydrogen (secondary N) is 2. The summed E-state index contributed by atoms with van der Waals surface area (Å²) in [6.45, 7) is 1.41. The van der Waals surface area contributed by atoms with Crippen LogP contribution in [0, 0.1) is 0 Å². The first kappa shape index (κ1) is 15.9. The maximum Gasteiger partial charge on any atom is 0.261 e. The Labute approximate surface area is 138 Å². The molecule has 1 heterocycles. The second kappa shape index (κ2) is 5.93. The number of pyridine rings is 1. The van der Waals surface area contributed by atoms with Crippen LogP contribution in [0.1, 0.15) is 17.3 Å². The van der Waals surface area contributed by atoms with Gasteiger partial charge in [0.1, 0.15) is 0 Å². The molecule has 0 saturated heterocycles. The van der Waals surface area contributed by atoms with Crippen LogP contribution in [0.15, 0.2) is 64.3 Å². The highest BCUT2D eigenvalue weighted by atomic mass is 32.2. The molecule has 0 aliphatic rings. The molecule has 0 aliphatic heterocycles. The zero-order valence-corrected chi connectivity index (χ0v) is 13.6. The molecule has 7 heteroatoms. The third-order valence-corrected chi connectivity index (χ3v) is 4.91. The maximum absolute atomic E-state index is 12.5. The maximum atomic E-state index is 12.5. The molecule has 24 heavy (non-hydrogen) atoms. The van der Waals surface area contributed by atoms with Gasteiger partial charge in [0.05, 0.1) is 4.90 Å². The number of hydrogen-bond donors (Lipinski definition) is 2. The van der Waals surface area contributed by atoms with Gasteiger partial charge < -0.3 is 4.98 Å². The molecule has 0 atom stereocenters. The number of rotatable bonds is 4. The number of benzene rings is 2. The Balaban J connectivity index is 1.98. The first-order chi connectivity index (χ1) is 11.3. The molecule has 2 aromatic carbocycles. The molecule has 3 rings (SSSR count). The van der Waals surface area contributed by atoms with E-state index < -0.39 is 10.0 Å². The number of Topliss-reactive ketones (excluding diaryl/α,β-unsaturated/α-hetero) is 1. The van der Waals surface area contributed by atoms with Crippen molar-refractivity contribution in [2.45, 2.75) is 11.8 Å². The highest BCUT2D eigenvalue weighted by Gasteiger charge is 2.15. The Morgan fingerprint density at radius 1 is 1.04 bits per heavy atom. The number of aromatic amines is 1. The van der Waals surface area contributed by atoms with E-state index in [4.69, 9.17) is 0 Å². The van der Waals surface area contributed by atoms with Crippen LogP contribution in [-0.4, -0.2) is 19.2 Å². The minimum atomic E-state index is -3.81. The fraction of sp³-hybridized carbons (Fsp3) is 0.0588. The Hall–Kier alpha value is -2.93. The average Bonchev–Trinajstić information content (AvgIpc) is 2.54. The summed E-state index contributed by atoms with van der Waals surface area (Å²) >= 11 is 0. The van der Waals surface area contributed by atoms with Crippen molar-refractivity contribution in [1.82, 2.24) is 4.98 Å². The van der Waals surface area contributed by atoms with Crippen molar-refractivity contribution in [2.24, 2.45) is 0 Å². The quantitative estimate of drug-likeness (QED) is 0.712. The zero-order valence-electron chi connectivity index (χ0n) is 12.7. The van der Waals surface area contributed by atoms with Crippen molar-refractivity contribution in [3.63, 3.8) is 0 Å². The topological polar surface area (TPSA) is 96.1 Å². The minimum absolute atomic E-state index is 0.0651. The number of fused-ring (bicyclic) bond motifs is 1. The molecule has 0 amide bonds. The molecule has 0 fully saturated rings. The number of anilines is 1. The highest BCUT2D eigenvalue weighted by Crippen LogP contribution is 2.20. The van der Waals surface area contributed by atoms with Crippen LogP contribution in [0.5, 0.6) is 0 Å². The summed E-state index contributed by atoms with van der Waals surface area (Å²) in [6.07, 6.45) is 0. The standard InChI is InChI=1S/C17H14N2O4S/c1-11(20)12-3-2-4-14(9-12)19-24(22,23)15-6-7-16-13(10-15)5-8-17(21)18-16/h2-10,19H,1H3,(H,18,21). The van der Waals surface area contributed by atoms with E-state index in [1.165, 1.54) is 37.3 Å². The van der Waals surface area contributed by atoms with Crippen LogP contribution in [0.25, 0.3) is 10.9 Å². The third-order valence-electron chi connectivity index (χ3n) is 3.53. The summed E-state index contributed by atoms with van der Waals surface area (Å²) in [6, 6.07) is 13.6. The number of hydrogen-bond acceptors (Lipinski definition) is 4. The molecule has 0 bridgehead atoms. The van der Waals surface area contributed by atoms with E-state index in [1.807, 2.05) is 0 Å². The first-order valence-corrected chi connectivity index (χ1v) is 8.60. The van der Waals surface area contributed by atoms with Crippen molar-refractivity contribution in [1.29, 1.82) is 0 Å². The summed E-state index contributed by atoms with van der Waals surface area (Å²) in [4.78, 5) is 25.4. The number of ketones is 1. The fourth-order valence-corrected chi connectivity index (χ4v) is 3.40. The van der Waals surface area contributed by atoms with E-state index >= 15 is 0 Å². The van der Waals surface area contributed by atoms with Crippen molar-refractivity contribution in [3.8, 4) is 0 Å². The summed E-state index contributed by atoms with van der Waals surface area (Å²) < 4.78 is 27.5. The van der Waals surface area contributed by atoms with Gasteiger partial charge in [-0.05, 0) is 48.7 Å². The Bertz CT molecular complexity index is 1100. The molecule has 6 nitrogen and oxygen atoms in total. The van der Waals surface area contributed by atoms with Gasteiger partial charge in [-0.2, -0.15) is 0 Å². The van der Waals surface area contributed by atoms with E-state index in [0.29, 0.717) is 22.2 Å². The highest BCUT2D eigenvalue weighted by molar-refractivity contribution is 7.92. The predicted octanol–water partition coefficient (Wildman–Crippen LogP) is 2.53. The number of sulfonamides is 1. The summed E-state index contributed by atoms with van der Waals surface area (Å²) in [7, 11) is -3.81. The van der Waals surface area contributed by atoms with Crippen LogP contribution >= 0.6 is 0 Å². The molecule has 0 unspecified atom stereocenters. The molecule has 1 aromatic heterocycles. The van der Waals surface area contributed by atoms with Gasteiger partial charge in [0.25, 0.3) is 10.0 Å². The van der Waals surface area contributed by atoms with Crippen molar-refractivity contribution < 1.29 is 13.2 Å². The van der Waals surface area contributed by atoms with Gasteiger partial charge >= 0.3 is 0 Å². The second-order valence-electron chi connectivity index (χ2n) is 5.31. The monoisotopic (exact) mass is 342 g/mol. The van der Waals surface area contributed by atoms with E-state index in [9.17, 15) is 18.0 Å². The average molecular weight is 342 g/mol. The summed E-state index contributed by atoms with van der Waals surface area (Å²) in [5.74, 6) is -0.147. The largest absolute Gasteiger partial charge is 0.322 e. The lowest BCUT2D eigenvalue weighted by atomic mass is 10.1. The molecule has 0 saturated carbocycles. The zero-order chi connectivity index (χ0) is 17.3. The molecule has 2 N–H and O–H groups in total. The van der Waals surface area contributed by atoms with Gasteiger partial charge in [-0.25, -0.2) is 8.42 Å². The number of aromatic nitrogens is 1. The lowest BCUT2D eigenvalue weighted by molar-refractivity contribution is 0.101. The Morgan fingerprint density at radius 3 is 2.58 bits per heavy atom. The lowest BCUT2D eigenvalue weighted by Crippen LogP contribution is -2.13. The van der Waals surface area contributed by atoms with E-state index in [2.05, 4.69) is 9.71 Å². The molecule has 3 aromatic rings. The predicted molar refractivity (Wildman–Crippen MR) is 91.8 cm³/mol. The van der Waals surface area contributed by atoms with Crippen LogP contribution in [0.3, 0.4) is 0 Å². The molecule has 0 radical (unpaired) electrons. The van der Waals surface area contributed by atoms with E-state index in [-0.39, 0.29) is 16.2 Å². The van der Waals surface area contributed by atoms with Gasteiger partial charge in [0.2, 0.25) is 5.56 Å². The third kappa shape index (κ3) is 3.21. The summed E-state index contributed by atoms with van der Waals surface area (Å²) in [5.41, 5.74) is 1.04. The smallest absolute Gasteiger partial charge is 0.261 e. The van der Waals surface area contributed by atoms with Gasteiger partial charge in [-0.3, -0.25) is 14.3 Å². The van der Waals surface area contributed by atoms with Crippen LogP contribution < -0.4 is 10.3 Å². The van der Waals surface area contributed by atoms with Crippen LogP contribution in [-0.2, 0) is 10.0 Å². The number of H-pyrrole nitrogens is 1. The molecule has 0 aliphatic carbocycles. The van der Waals surface area contributed by atoms with Crippen LogP contribution in [0.4, 0.5) is 5.69 Å². The lowest BCUT2D eigenvalue weighted by Gasteiger charge is -2.09. The van der Waals surface area contributed by atoms with Crippen LogP contribution in [0.2, 0.25) is 0 Å². The first-order valence-electron chi connectivity index (χ1n) is 7.12. The van der Waals surface area contributed by atoms with Gasteiger partial charge in [0.15, 0.2) is 5.78 Å². The number of carbonyl (C=O) groups is 1. The SMILES string of the molecule is CC(=O)c1cccc(NS(=O)(=O)c2ccc3[nH]c(=O)ccc3c2)c1. The number of carbonyl (C=O) groups excluding carboxylic acids is 1. The molecule has 122 valence electrons. The van der Waals surface area contributed by atoms with E-state index in [0.717, 1.165) is 0 Å². The van der Waals surface area contributed by atoms with Crippen molar-refractivity contribution >= 4 is 32.4 Å². The van der Waals surface area contributed by atoms with Gasteiger partial charge in [-0.15, -0.1) is 0 Å². The van der Waals surface area contributed by atoms with E-state index in [1.54, 1.807) is 24.3 Å². The molecular weight excluding hydrogens is 328 g/mol. The van der Waals surface area contributed by atoms with Crippen molar-refractivity contribution in [2.75, 3.05) is 4.72 Å². The minimum Gasteiger partial charge on any atom is -0.322 e. The molecular formula is C17H14N2O4S. The normalized spacial score (nSPS) is 11.4. The fourth-order valence-electron chi connectivity index (χ4n) is 2.32. The Kier molecular flexibility index (Phi) is 3.94.